The van der Waals surface area contributed by atoms with Crippen LogP contribution in [-0.2, 0) is 21.4 Å². The molecule has 4 N–H and O–H groups in total. The summed E-state index contributed by atoms with van der Waals surface area (Å²) in [6.07, 6.45) is 3.54. The van der Waals surface area contributed by atoms with E-state index in [9.17, 15) is 19.2 Å². The summed E-state index contributed by atoms with van der Waals surface area (Å²) < 4.78 is 0. The summed E-state index contributed by atoms with van der Waals surface area (Å²) in [7, 11) is 0. The van der Waals surface area contributed by atoms with Gasteiger partial charge in [0.15, 0.2) is 5.82 Å². The predicted molar refractivity (Wildman–Crippen MR) is 195 cm³/mol. The monoisotopic (exact) mass is 689 g/mol. The number of amides is 3. The van der Waals surface area contributed by atoms with E-state index in [0.29, 0.717) is 16.3 Å². The topological polar surface area (TPSA) is 150 Å². The third-order valence-electron chi connectivity index (χ3n) is 8.22. The van der Waals surface area contributed by atoms with Crippen molar-refractivity contribution in [3.63, 3.8) is 0 Å². The number of carbonyl (C=O) groups is 4. The summed E-state index contributed by atoms with van der Waals surface area (Å²) in [5.41, 5.74) is 6.31. The van der Waals surface area contributed by atoms with Crippen molar-refractivity contribution in [3.05, 3.63) is 123 Å². The van der Waals surface area contributed by atoms with Crippen LogP contribution in [0.15, 0.2) is 91.3 Å². The number of aryl methyl sites for hydroxylation is 1. The number of carboxylic acid groups (broad SMARTS) is 1. The molecule has 5 aromatic rings. The molecule has 11 heteroatoms. The summed E-state index contributed by atoms with van der Waals surface area (Å²) in [5.74, 6) is -1.90. The molecule has 0 radical (unpaired) electrons. The van der Waals surface area contributed by atoms with E-state index in [2.05, 4.69) is 46.7 Å². The number of hydrogen-bond acceptors (Lipinski definition) is 7. The summed E-state index contributed by atoms with van der Waals surface area (Å²) >= 11 is 1.36. The van der Waals surface area contributed by atoms with E-state index in [1.54, 1.807) is 30.6 Å². The average molecular weight is 690 g/mol. The van der Waals surface area contributed by atoms with Crippen LogP contribution in [0.2, 0.25) is 0 Å². The van der Waals surface area contributed by atoms with Gasteiger partial charge in [0.25, 0.3) is 11.8 Å². The van der Waals surface area contributed by atoms with Crippen LogP contribution in [0.1, 0.15) is 62.4 Å². The fourth-order valence-corrected chi connectivity index (χ4v) is 6.13. The second-order valence-electron chi connectivity index (χ2n) is 13.0. The normalized spacial score (nSPS) is 11.8. The smallest absolute Gasteiger partial charge is 0.322 e. The lowest BCUT2D eigenvalue weighted by Gasteiger charge is -2.18. The molecule has 0 spiro atoms. The largest absolute Gasteiger partial charge is 0.480 e. The lowest BCUT2D eigenvalue weighted by Crippen LogP contribution is -2.49. The molecule has 0 saturated carbocycles. The molecule has 2 heterocycles. The van der Waals surface area contributed by atoms with Crippen LogP contribution in [0, 0.1) is 13.8 Å². The molecular weight excluding hydrogens is 651 g/mol. The standard InChI is InChI=1S/C39H39N5O5S/c1-23-8-6-11-30(24(23)2)43-36(47)28-10-7-9-27(19-28)29-20-40-35(41-21-29)26-14-12-25(13-15-26)18-31(37(48)42-22-34(45)46)44-38(49)32-16-17-33(50-32)39(3,4)5/h6-17,19-21,31H,18,22H2,1-5H3,(H,42,48)(H,43,47)(H,44,49)(H,45,46). The van der Waals surface area contributed by atoms with E-state index in [1.165, 1.54) is 11.3 Å². The third-order valence-corrected chi connectivity index (χ3v) is 9.73. The lowest BCUT2D eigenvalue weighted by molar-refractivity contribution is -0.138. The van der Waals surface area contributed by atoms with Gasteiger partial charge in [0.05, 0.1) is 4.88 Å². The van der Waals surface area contributed by atoms with Crippen molar-refractivity contribution in [2.75, 3.05) is 11.9 Å². The second-order valence-corrected chi connectivity index (χ2v) is 14.1. The van der Waals surface area contributed by atoms with E-state index < -0.39 is 30.4 Å². The summed E-state index contributed by atoms with van der Waals surface area (Å²) in [5, 5.41) is 17.2. The van der Waals surface area contributed by atoms with Crippen molar-refractivity contribution >= 4 is 40.7 Å². The highest BCUT2D eigenvalue weighted by Gasteiger charge is 2.25. The SMILES string of the molecule is Cc1cccc(NC(=O)c2cccc(-c3cnc(-c4ccc(CC(NC(=O)c5ccc(C(C)(C)C)s5)C(=O)NCC(=O)O)cc4)nc3)c2)c1C. The quantitative estimate of drug-likeness (QED) is 0.122. The first-order valence-electron chi connectivity index (χ1n) is 16.1. The highest BCUT2D eigenvalue weighted by molar-refractivity contribution is 7.14. The van der Waals surface area contributed by atoms with Gasteiger partial charge in [0, 0.05) is 46.1 Å². The molecule has 10 nitrogen and oxygen atoms in total. The van der Waals surface area contributed by atoms with Crippen molar-refractivity contribution < 1.29 is 24.3 Å². The van der Waals surface area contributed by atoms with Gasteiger partial charge in [-0.1, -0.05) is 69.3 Å². The molecule has 0 saturated heterocycles. The zero-order chi connectivity index (χ0) is 36.0. The molecule has 0 bridgehead atoms. The lowest BCUT2D eigenvalue weighted by atomic mass is 9.95. The van der Waals surface area contributed by atoms with Gasteiger partial charge in [-0.15, -0.1) is 11.3 Å². The molecule has 5 rings (SSSR count). The molecule has 256 valence electrons. The van der Waals surface area contributed by atoms with Crippen LogP contribution in [0.5, 0.6) is 0 Å². The molecule has 3 aromatic carbocycles. The van der Waals surface area contributed by atoms with Crippen LogP contribution < -0.4 is 16.0 Å². The number of aromatic nitrogens is 2. The number of aliphatic carboxylic acids is 1. The Morgan fingerprint density at radius 2 is 1.52 bits per heavy atom. The second kappa shape index (κ2) is 15.3. The number of nitrogens with zero attached hydrogens (tertiary/aromatic N) is 2. The minimum Gasteiger partial charge on any atom is -0.480 e. The number of benzene rings is 3. The third kappa shape index (κ3) is 8.86. The van der Waals surface area contributed by atoms with Gasteiger partial charge in [-0.3, -0.25) is 19.2 Å². The Hall–Kier alpha value is -5.68. The Morgan fingerprint density at radius 3 is 2.18 bits per heavy atom. The Bertz CT molecular complexity index is 2030. The highest BCUT2D eigenvalue weighted by atomic mass is 32.1. The highest BCUT2D eigenvalue weighted by Crippen LogP contribution is 2.30. The van der Waals surface area contributed by atoms with Crippen molar-refractivity contribution in [2.24, 2.45) is 0 Å². The minimum absolute atomic E-state index is 0.127. The van der Waals surface area contributed by atoms with Gasteiger partial charge in [-0.25, -0.2) is 9.97 Å². The number of anilines is 1. The first-order chi connectivity index (χ1) is 23.8. The Labute approximate surface area is 295 Å². The van der Waals surface area contributed by atoms with E-state index in [1.807, 2.05) is 74.5 Å². The first kappa shape index (κ1) is 35.6. The van der Waals surface area contributed by atoms with Crippen molar-refractivity contribution in [1.82, 2.24) is 20.6 Å². The van der Waals surface area contributed by atoms with Crippen molar-refractivity contribution in [2.45, 2.75) is 52.5 Å². The number of hydrogen-bond donors (Lipinski definition) is 4. The Kier molecular flexibility index (Phi) is 10.9. The van der Waals surface area contributed by atoms with Gasteiger partial charge in [0.2, 0.25) is 5.91 Å². The van der Waals surface area contributed by atoms with Crippen LogP contribution in [0.25, 0.3) is 22.5 Å². The van der Waals surface area contributed by atoms with E-state index in [-0.39, 0.29) is 17.7 Å². The summed E-state index contributed by atoms with van der Waals surface area (Å²) in [4.78, 5) is 60.8. The molecule has 0 aliphatic rings. The minimum atomic E-state index is -1.18. The van der Waals surface area contributed by atoms with Crippen molar-refractivity contribution in [3.8, 4) is 22.5 Å². The van der Waals surface area contributed by atoms with Gasteiger partial charge < -0.3 is 21.1 Å². The molecule has 3 amide bonds. The number of carboxylic acids is 1. The average Bonchev–Trinajstić information content (AvgIpc) is 3.61. The van der Waals surface area contributed by atoms with Gasteiger partial charge >= 0.3 is 5.97 Å². The van der Waals surface area contributed by atoms with Crippen LogP contribution in [0.4, 0.5) is 5.69 Å². The number of rotatable bonds is 11. The molecule has 0 aliphatic heterocycles. The van der Waals surface area contributed by atoms with Gasteiger partial charge in [-0.2, -0.15) is 0 Å². The maximum absolute atomic E-state index is 13.1. The molecule has 1 atom stereocenters. The fourth-order valence-electron chi connectivity index (χ4n) is 5.16. The number of carbonyl (C=O) groups excluding carboxylic acids is 3. The van der Waals surface area contributed by atoms with Crippen molar-refractivity contribution in [1.29, 1.82) is 0 Å². The molecule has 1 unspecified atom stereocenters. The number of thiophene rings is 1. The summed E-state index contributed by atoms with van der Waals surface area (Å²) in [6.45, 7) is 9.59. The molecular formula is C39H39N5O5S. The van der Waals surface area contributed by atoms with E-state index >= 15 is 0 Å². The molecule has 50 heavy (non-hydrogen) atoms. The van der Waals surface area contributed by atoms with Gasteiger partial charge in [0.1, 0.15) is 12.6 Å². The molecule has 0 fully saturated rings. The van der Waals surface area contributed by atoms with Gasteiger partial charge in [-0.05, 0) is 71.8 Å². The van der Waals surface area contributed by atoms with Crippen LogP contribution in [-0.4, -0.2) is 51.4 Å². The number of nitrogens with one attached hydrogen (secondary N) is 3. The zero-order valence-electron chi connectivity index (χ0n) is 28.5. The van der Waals surface area contributed by atoms with E-state index in [0.717, 1.165) is 43.9 Å². The summed E-state index contributed by atoms with van der Waals surface area (Å²) in [6, 6.07) is 23.0. The maximum Gasteiger partial charge on any atom is 0.322 e. The molecule has 0 aliphatic carbocycles. The van der Waals surface area contributed by atoms with Crippen LogP contribution in [0.3, 0.4) is 0 Å². The Balaban J connectivity index is 1.27. The van der Waals surface area contributed by atoms with E-state index in [4.69, 9.17) is 5.11 Å². The van der Waals surface area contributed by atoms with Crippen LogP contribution >= 0.6 is 11.3 Å². The first-order valence-corrected chi connectivity index (χ1v) is 16.9. The fraction of sp³-hybridized carbons (Fsp3) is 0.231. The maximum atomic E-state index is 13.1. The predicted octanol–water partition coefficient (Wildman–Crippen LogP) is 6.58. The molecule has 2 aromatic heterocycles. The Morgan fingerprint density at radius 1 is 0.820 bits per heavy atom. The zero-order valence-corrected chi connectivity index (χ0v) is 29.4.